The van der Waals surface area contributed by atoms with Crippen molar-refractivity contribution in [3.63, 3.8) is 0 Å². The van der Waals surface area contributed by atoms with E-state index >= 15 is 0 Å². The summed E-state index contributed by atoms with van der Waals surface area (Å²) in [5.41, 5.74) is -1.91. The first-order valence-corrected chi connectivity index (χ1v) is 7.70. The van der Waals surface area contributed by atoms with Crippen LogP contribution < -0.4 is 0 Å². The van der Waals surface area contributed by atoms with Crippen LogP contribution in [0.5, 0.6) is 0 Å². The number of rotatable bonds is 0. The Bertz CT molecular complexity index is 392. The second-order valence-electron chi connectivity index (χ2n) is 6.13. The summed E-state index contributed by atoms with van der Waals surface area (Å²) in [6.07, 6.45) is 7.78. The van der Waals surface area contributed by atoms with Crippen molar-refractivity contribution in [2.24, 2.45) is 0 Å². The van der Waals surface area contributed by atoms with Crippen LogP contribution in [0.4, 0.5) is 0 Å². The van der Waals surface area contributed by atoms with Gasteiger partial charge in [-0.15, -0.1) is 0 Å². The molecular formula is C17H24O3. The average molecular weight is 276 g/mol. The van der Waals surface area contributed by atoms with Crippen LogP contribution >= 0.6 is 0 Å². The molecule has 0 radical (unpaired) electrons. The zero-order valence-corrected chi connectivity index (χ0v) is 12.0. The highest BCUT2D eigenvalue weighted by Gasteiger charge is 2.27. The van der Waals surface area contributed by atoms with E-state index in [0.29, 0.717) is 25.7 Å². The predicted octanol–water partition coefficient (Wildman–Crippen LogP) is 1.74. The standard InChI is InChI=1S/C17H24O3/c18-15(7-13-16(19)9-3-1-4-10-16)8-14-17(20)11-5-2-6-12-17/h15,18-20H,1-6,9-12H2. The van der Waals surface area contributed by atoms with Crippen molar-refractivity contribution in [1.82, 2.24) is 0 Å². The molecule has 0 unspecified atom stereocenters. The van der Waals surface area contributed by atoms with E-state index in [-0.39, 0.29) is 0 Å². The molecule has 0 bridgehead atoms. The van der Waals surface area contributed by atoms with Gasteiger partial charge in [0.25, 0.3) is 0 Å². The molecule has 0 saturated heterocycles. The highest BCUT2D eigenvalue weighted by molar-refractivity contribution is 5.27. The lowest BCUT2D eigenvalue weighted by molar-refractivity contribution is 0.0605. The van der Waals surface area contributed by atoms with Gasteiger partial charge in [-0.05, 0) is 51.4 Å². The van der Waals surface area contributed by atoms with Crippen LogP contribution in [-0.4, -0.2) is 32.6 Å². The Hall–Kier alpha value is -1.00. The van der Waals surface area contributed by atoms with E-state index in [0.717, 1.165) is 38.5 Å². The first-order valence-electron chi connectivity index (χ1n) is 7.70. The summed E-state index contributed by atoms with van der Waals surface area (Å²) < 4.78 is 0. The van der Waals surface area contributed by atoms with Crippen LogP contribution in [0.3, 0.4) is 0 Å². The molecule has 0 atom stereocenters. The fourth-order valence-corrected chi connectivity index (χ4v) is 2.96. The van der Waals surface area contributed by atoms with Crippen molar-refractivity contribution in [3.05, 3.63) is 0 Å². The summed E-state index contributed by atoms with van der Waals surface area (Å²) in [6, 6.07) is 0. The largest absolute Gasteiger partial charge is 0.378 e. The summed E-state index contributed by atoms with van der Waals surface area (Å²) in [4.78, 5) is 0. The fraction of sp³-hybridized carbons (Fsp3) is 0.765. The zero-order valence-electron chi connectivity index (χ0n) is 12.0. The lowest BCUT2D eigenvalue weighted by Crippen LogP contribution is -2.30. The van der Waals surface area contributed by atoms with E-state index in [1.54, 1.807) is 0 Å². The van der Waals surface area contributed by atoms with Gasteiger partial charge in [0.2, 0.25) is 0 Å². The van der Waals surface area contributed by atoms with E-state index < -0.39 is 17.3 Å². The highest BCUT2D eigenvalue weighted by Crippen LogP contribution is 2.28. The highest BCUT2D eigenvalue weighted by atomic mass is 16.3. The molecule has 0 aromatic carbocycles. The quantitative estimate of drug-likeness (QED) is 0.591. The van der Waals surface area contributed by atoms with E-state index in [1.807, 2.05) is 0 Å². The van der Waals surface area contributed by atoms with Crippen molar-refractivity contribution < 1.29 is 15.3 Å². The van der Waals surface area contributed by atoms with Crippen molar-refractivity contribution >= 4 is 0 Å². The molecule has 0 aromatic heterocycles. The summed E-state index contributed by atoms with van der Waals surface area (Å²) >= 11 is 0. The van der Waals surface area contributed by atoms with Crippen LogP contribution in [0.1, 0.15) is 64.2 Å². The summed E-state index contributed by atoms with van der Waals surface area (Å²) in [6.45, 7) is 0. The Morgan fingerprint density at radius 2 is 1.00 bits per heavy atom. The van der Waals surface area contributed by atoms with Gasteiger partial charge in [-0.1, -0.05) is 36.5 Å². The van der Waals surface area contributed by atoms with Gasteiger partial charge in [0.15, 0.2) is 6.10 Å². The monoisotopic (exact) mass is 276 g/mol. The third kappa shape index (κ3) is 4.53. The molecule has 20 heavy (non-hydrogen) atoms. The van der Waals surface area contributed by atoms with E-state index in [4.69, 9.17) is 0 Å². The lowest BCUT2D eigenvalue weighted by Gasteiger charge is -2.26. The van der Waals surface area contributed by atoms with Crippen LogP contribution in [0.2, 0.25) is 0 Å². The molecule has 3 N–H and O–H groups in total. The molecule has 2 fully saturated rings. The molecule has 2 aliphatic carbocycles. The van der Waals surface area contributed by atoms with Crippen molar-refractivity contribution in [2.75, 3.05) is 0 Å². The Labute approximate surface area is 121 Å². The van der Waals surface area contributed by atoms with Crippen LogP contribution in [0.25, 0.3) is 0 Å². The fourth-order valence-electron chi connectivity index (χ4n) is 2.96. The molecule has 110 valence electrons. The van der Waals surface area contributed by atoms with Crippen LogP contribution in [-0.2, 0) is 0 Å². The number of aliphatic hydroxyl groups is 3. The molecule has 0 heterocycles. The van der Waals surface area contributed by atoms with Gasteiger partial charge in [0, 0.05) is 0 Å². The van der Waals surface area contributed by atoms with Gasteiger partial charge in [0.05, 0.1) is 0 Å². The molecule has 0 amide bonds. The van der Waals surface area contributed by atoms with Crippen molar-refractivity contribution in [2.45, 2.75) is 81.5 Å². The molecule has 2 rings (SSSR count). The van der Waals surface area contributed by atoms with Crippen LogP contribution in [0, 0.1) is 23.7 Å². The minimum absolute atomic E-state index is 0.671. The molecular weight excluding hydrogens is 252 g/mol. The van der Waals surface area contributed by atoms with E-state index in [9.17, 15) is 15.3 Å². The molecule has 0 aromatic rings. The SMILES string of the molecule is OC(C#CC1(O)CCCCC1)C#CC1(O)CCCCC1. The number of aliphatic hydroxyl groups excluding tert-OH is 1. The first kappa shape index (κ1) is 15.4. The van der Waals surface area contributed by atoms with Crippen molar-refractivity contribution in [1.29, 1.82) is 0 Å². The van der Waals surface area contributed by atoms with Gasteiger partial charge >= 0.3 is 0 Å². The predicted molar refractivity (Wildman–Crippen MR) is 77.6 cm³/mol. The third-order valence-electron chi connectivity index (χ3n) is 4.24. The molecule has 2 saturated carbocycles. The average Bonchev–Trinajstić information content (AvgIpc) is 2.45. The van der Waals surface area contributed by atoms with Gasteiger partial charge in [-0.25, -0.2) is 0 Å². The van der Waals surface area contributed by atoms with E-state index in [2.05, 4.69) is 23.7 Å². The summed E-state index contributed by atoms with van der Waals surface area (Å²) in [5.74, 6) is 10.8. The molecule has 0 aliphatic heterocycles. The van der Waals surface area contributed by atoms with Gasteiger partial charge < -0.3 is 15.3 Å². The number of hydrogen-bond donors (Lipinski definition) is 3. The first-order chi connectivity index (χ1) is 9.52. The topological polar surface area (TPSA) is 60.7 Å². The molecule has 0 spiro atoms. The smallest absolute Gasteiger partial charge is 0.176 e. The third-order valence-corrected chi connectivity index (χ3v) is 4.24. The van der Waals surface area contributed by atoms with Crippen LogP contribution in [0.15, 0.2) is 0 Å². The lowest BCUT2D eigenvalue weighted by atomic mass is 9.85. The van der Waals surface area contributed by atoms with E-state index in [1.165, 1.54) is 0 Å². The maximum Gasteiger partial charge on any atom is 0.176 e. The maximum absolute atomic E-state index is 10.2. The van der Waals surface area contributed by atoms with Gasteiger partial charge in [0.1, 0.15) is 11.2 Å². The normalized spacial score (nSPS) is 24.2. The second-order valence-corrected chi connectivity index (χ2v) is 6.13. The Morgan fingerprint density at radius 1 is 0.650 bits per heavy atom. The maximum atomic E-state index is 10.2. The molecule has 3 heteroatoms. The molecule has 2 aliphatic rings. The zero-order chi connectivity index (χ0) is 14.5. The van der Waals surface area contributed by atoms with Gasteiger partial charge in [-0.2, -0.15) is 0 Å². The Kier molecular flexibility index (Phi) is 5.11. The Balaban J connectivity index is 1.94. The molecule has 3 nitrogen and oxygen atoms in total. The number of hydrogen-bond acceptors (Lipinski definition) is 3. The van der Waals surface area contributed by atoms with Crippen molar-refractivity contribution in [3.8, 4) is 23.7 Å². The second kappa shape index (κ2) is 6.64. The summed E-state index contributed by atoms with van der Waals surface area (Å²) in [7, 11) is 0. The van der Waals surface area contributed by atoms with Gasteiger partial charge in [-0.3, -0.25) is 0 Å². The minimum atomic E-state index is -1.09. The Morgan fingerprint density at radius 3 is 1.35 bits per heavy atom. The summed E-state index contributed by atoms with van der Waals surface area (Å²) in [5, 5.41) is 30.2. The minimum Gasteiger partial charge on any atom is -0.378 e.